The van der Waals surface area contributed by atoms with Gasteiger partial charge in [0.15, 0.2) is 0 Å². The van der Waals surface area contributed by atoms with E-state index < -0.39 is 5.54 Å². The van der Waals surface area contributed by atoms with Gasteiger partial charge in [-0.1, -0.05) is 24.4 Å². The number of rotatable bonds is 3. The van der Waals surface area contributed by atoms with Gasteiger partial charge in [0.2, 0.25) is 0 Å². The number of aliphatic hydroxyl groups excluding tert-OH is 1. The summed E-state index contributed by atoms with van der Waals surface area (Å²) in [5.41, 5.74) is 6.05. The molecule has 0 unspecified atom stereocenters. The molecule has 1 saturated carbocycles. The highest BCUT2D eigenvalue weighted by atomic mass is 35.5. The van der Waals surface area contributed by atoms with E-state index >= 15 is 0 Å². The second-order valence-electron chi connectivity index (χ2n) is 4.83. The Morgan fingerprint density at radius 3 is 2.67 bits per heavy atom. The molecule has 1 aromatic rings. The minimum atomic E-state index is -0.483. The lowest BCUT2D eigenvalue weighted by Crippen LogP contribution is -2.49. The van der Waals surface area contributed by atoms with Crippen molar-refractivity contribution in [3.63, 3.8) is 0 Å². The van der Waals surface area contributed by atoms with Gasteiger partial charge in [-0.25, -0.2) is 0 Å². The highest BCUT2D eigenvalue weighted by Crippen LogP contribution is 2.30. The first kappa shape index (κ1) is 13.2. The molecule has 98 valence electrons. The summed E-state index contributed by atoms with van der Waals surface area (Å²) in [6, 6.07) is 4.79. The van der Waals surface area contributed by atoms with Crippen LogP contribution in [0.1, 0.15) is 36.0 Å². The summed E-state index contributed by atoms with van der Waals surface area (Å²) in [6.07, 6.45) is 3.67. The zero-order chi connectivity index (χ0) is 13.2. The molecular formula is C13H17ClN2O2. The van der Waals surface area contributed by atoms with Crippen molar-refractivity contribution in [2.45, 2.75) is 31.2 Å². The van der Waals surface area contributed by atoms with E-state index in [2.05, 4.69) is 5.32 Å². The van der Waals surface area contributed by atoms with Crippen LogP contribution in [0.4, 0.5) is 5.69 Å². The first-order valence-corrected chi connectivity index (χ1v) is 6.42. The third-order valence-electron chi connectivity index (χ3n) is 3.50. The number of hydrogen-bond acceptors (Lipinski definition) is 3. The maximum absolute atomic E-state index is 12.2. The Hall–Kier alpha value is -1.26. The summed E-state index contributed by atoms with van der Waals surface area (Å²) in [5, 5.41) is 12.9. The van der Waals surface area contributed by atoms with Crippen LogP contribution in [0.3, 0.4) is 0 Å². The van der Waals surface area contributed by atoms with Gasteiger partial charge < -0.3 is 16.2 Å². The molecule has 1 aliphatic carbocycles. The molecule has 0 spiro atoms. The third kappa shape index (κ3) is 2.60. The number of carbonyl (C=O) groups is 1. The van der Waals surface area contributed by atoms with Gasteiger partial charge in [-0.3, -0.25) is 4.79 Å². The van der Waals surface area contributed by atoms with Crippen LogP contribution in [-0.2, 0) is 0 Å². The standard InChI is InChI=1S/C13H17ClN2O2/c14-9-3-4-10(11(15)7-9)12(18)16-13(8-17)5-1-2-6-13/h3-4,7,17H,1-2,5-6,8,15H2,(H,16,18). The molecule has 0 atom stereocenters. The normalized spacial score (nSPS) is 17.7. The zero-order valence-corrected chi connectivity index (χ0v) is 10.8. The fourth-order valence-electron chi connectivity index (χ4n) is 2.42. The van der Waals surface area contributed by atoms with Crippen LogP contribution >= 0.6 is 11.6 Å². The number of amides is 1. The fourth-order valence-corrected chi connectivity index (χ4v) is 2.60. The van der Waals surface area contributed by atoms with E-state index in [1.807, 2.05) is 0 Å². The maximum atomic E-state index is 12.2. The highest BCUT2D eigenvalue weighted by molar-refractivity contribution is 6.31. The Labute approximate surface area is 111 Å². The SMILES string of the molecule is Nc1cc(Cl)ccc1C(=O)NC1(CO)CCCC1. The predicted molar refractivity (Wildman–Crippen MR) is 71.6 cm³/mol. The van der Waals surface area contributed by atoms with E-state index in [0.717, 1.165) is 25.7 Å². The summed E-state index contributed by atoms with van der Waals surface area (Å²) in [6.45, 7) is -0.0355. The number of nitrogens with two attached hydrogens (primary N) is 1. The minimum Gasteiger partial charge on any atom is -0.398 e. The van der Waals surface area contributed by atoms with Crippen LogP contribution in [0.5, 0.6) is 0 Å². The minimum absolute atomic E-state index is 0.0355. The fraction of sp³-hybridized carbons (Fsp3) is 0.462. The van der Waals surface area contributed by atoms with Crippen LogP contribution < -0.4 is 11.1 Å². The zero-order valence-electron chi connectivity index (χ0n) is 10.1. The molecule has 1 amide bonds. The Morgan fingerprint density at radius 2 is 2.11 bits per heavy atom. The van der Waals surface area contributed by atoms with Gasteiger partial charge in [-0.15, -0.1) is 0 Å². The number of benzene rings is 1. The van der Waals surface area contributed by atoms with Gasteiger partial charge in [0, 0.05) is 10.7 Å². The van der Waals surface area contributed by atoms with E-state index in [1.54, 1.807) is 18.2 Å². The molecule has 5 heteroatoms. The molecule has 2 rings (SSSR count). The van der Waals surface area contributed by atoms with E-state index in [-0.39, 0.29) is 12.5 Å². The molecular weight excluding hydrogens is 252 g/mol. The van der Waals surface area contributed by atoms with Gasteiger partial charge in [-0.2, -0.15) is 0 Å². The smallest absolute Gasteiger partial charge is 0.253 e. The van der Waals surface area contributed by atoms with E-state index in [1.165, 1.54) is 0 Å². The molecule has 0 aliphatic heterocycles. The lowest BCUT2D eigenvalue weighted by Gasteiger charge is -2.28. The van der Waals surface area contributed by atoms with Gasteiger partial charge in [-0.05, 0) is 31.0 Å². The lowest BCUT2D eigenvalue weighted by molar-refractivity contribution is 0.0839. The molecule has 0 aromatic heterocycles. The van der Waals surface area contributed by atoms with Crippen molar-refractivity contribution in [2.24, 2.45) is 0 Å². The van der Waals surface area contributed by atoms with Crippen LogP contribution in [0.25, 0.3) is 0 Å². The lowest BCUT2D eigenvalue weighted by atomic mass is 9.98. The largest absolute Gasteiger partial charge is 0.398 e. The van der Waals surface area contributed by atoms with Crippen molar-refractivity contribution >= 4 is 23.2 Å². The number of aliphatic hydroxyl groups is 1. The number of nitrogens with one attached hydrogen (secondary N) is 1. The average molecular weight is 269 g/mol. The predicted octanol–water partition coefficient (Wildman–Crippen LogP) is 1.96. The summed E-state index contributed by atoms with van der Waals surface area (Å²) < 4.78 is 0. The Balaban J connectivity index is 2.16. The van der Waals surface area contributed by atoms with Crippen LogP contribution in [0.15, 0.2) is 18.2 Å². The third-order valence-corrected chi connectivity index (χ3v) is 3.74. The molecule has 1 aliphatic rings. The molecule has 4 N–H and O–H groups in total. The van der Waals surface area contributed by atoms with Crippen molar-refractivity contribution in [1.29, 1.82) is 0 Å². The molecule has 0 bridgehead atoms. The van der Waals surface area contributed by atoms with Crippen LogP contribution in [-0.4, -0.2) is 23.2 Å². The van der Waals surface area contributed by atoms with Gasteiger partial charge >= 0.3 is 0 Å². The maximum Gasteiger partial charge on any atom is 0.253 e. The second-order valence-corrected chi connectivity index (χ2v) is 5.27. The van der Waals surface area contributed by atoms with Gasteiger partial charge in [0.25, 0.3) is 5.91 Å². The van der Waals surface area contributed by atoms with E-state index in [0.29, 0.717) is 16.3 Å². The molecule has 0 radical (unpaired) electrons. The average Bonchev–Trinajstić information content (AvgIpc) is 2.78. The van der Waals surface area contributed by atoms with Crippen LogP contribution in [0, 0.1) is 0 Å². The number of carbonyl (C=O) groups excluding carboxylic acids is 1. The van der Waals surface area contributed by atoms with Gasteiger partial charge in [0.1, 0.15) is 0 Å². The monoisotopic (exact) mass is 268 g/mol. The topological polar surface area (TPSA) is 75.4 Å². The quantitative estimate of drug-likeness (QED) is 0.734. The molecule has 1 fully saturated rings. The summed E-state index contributed by atoms with van der Waals surface area (Å²) in [4.78, 5) is 12.2. The first-order chi connectivity index (χ1) is 8.56. The Morgan fingerprint density at radius 1 is 1.44 bits per heavy atom. The second kappa shape index (κ2) is 5.16. The van der Waals surface area contributed by atoms with Crippen molar-refractivity contribution in [1.82, 2.24) is 5.32 Å². The molecule has 18 heavy (non-hydrogen) atoms. The van der Waals surface area contributed by atoms with E-state index in [9.17, 15) is 9.90 Å². The van der Waals surface area contributed by atoms with Crippen molar-refractivity contribution in [3.8, 4) is 0 Å². The number of hydrogen-bond donors (Lipinski definition) is 3. The van der Waals surface area contributed by atoms with Crippen LogP contribution in [0.2, 0.25) is 5.02 Å². The number of halogens is 1. The summed E-state index contributed by atoms with van der Waals surface area (Å²) in [5.74, 6) is -0.250. The summed E-state index contributed by atoms with van der Waals surface area (Å²) >= 11 is 5.79. The highest BCUT2D eigenvalue weighted by Gasteiger charge is 2.35. The summed E-state index contributed by atoms with van der Waals surface area (Å²) in [7, 11) is 0. The molecule has 1 aromatic carbocycles. The Bertz CT molecular complexity index is 456. The first-order valence-electron chi connectivity index (χ1n) is 6.05. The van der Waals surface area contributed by atoms with Crippen molar-refractivity contribution in [2.75, 3.05) is 12.3 Å². The Kier molecular flexibility index (Phi) is 3.78. The molecule has 0 saturated heterocycles. The number of nitrogen functional groups attached to an aromatic ring is 1. The number of anilines is 1. The molecule has 4 nitrogen and oxygen atoms in total. The van der Waals surface area contributed by atoms with E-state index in [4.69, 9.17) is 17.3 Å². The van der Waals surface area contributed by atoms with Gasteiger partial charge in [0.05, 0.1) is 17.7 Å². The molecule has 0 heterocycles. The van der Waals surface area contributed by atoms with Crippen molar-refractivity contribution in [3.05, 3.63) is 28.8 Å². The van der Waals surface area contributed by atoms with Crippen molar-refractivity contribution < 1.29 is 9.90 Å².